The summed E-state index contributed by atoms with van der Waals surface area (Å²) < 4.78 is 39.0. The van der Waals surface area contributed by atoms with Gasteiger partial charge in [-0.1, -0.05) is 0 Å². The lowest BCUT2D eigenvalue weighted by Gasteiger charge is -2.22. The van der Waals surface area contributed by atoms with E-state index in [4.69, 9.17) is 0 Å². The first-order valence-electron chi connectivity index (χ1n) is 5.30. The molecule has 1 atom stereocenters. The first kappa shape index (κ1) is 13.7. The standard InChI is InChI=1S/C11H9F3N2O2S/c12-5-1-2-6(10(14)9(5)13)16-11(18)7-3-19-4-8(17)15-7/h1-2,7H,3-4H2,(H,15,17)(H,16,18). The maximum absolute atomic E-state index is 13.3. The first-order chi connectivity index (χ1) is 8.99. The van der Waals surface area contributed by atoms with Crippen molar-refractivity contribution >= 4 is 29.3 Å². The topological polar surface area (TPSA) is 58.2 Å². The molecule has 0 aromatic heterocycles. The van der Waals surface area contributed by atoms with Gasteiger partial charge in [0.1, 0.15) is 6.04 Å². The van der Waals surface area contributed by atoms with Crippen LogP contribution in [0.3, 0.4) is 0 Å². The summed E-state index contributed by atoms with van der Waals surface area (Å²) in [6.07, 6.45) is 0. The maximum atomic E-state index is 13.3. The molecule has 1 aliphatic heterocycles. The average molecular weight is 290 g/mol. The summed E-state index contributed by atoms with van der Waals surface area (Å²) in [5.74, 6) is -4.85. The SMILES string of the molecule is O=C1CSCC(C(=O)Nc2ccc(F)c(F)c2F)N1. The third-order valence-corrected chi connectivity index (χ3v) is 3.50. The molecule has 0 radical (unpaired) electrons. The molecule has 1 heterocycles. The Morgan fingerprint density at radius 1 is 1.32 bits per heavy atom. The summed E-state index contributed by atoms with van der Waals surface area (Å²) >= 11 is 1.26. The van der Waals surface area contributed by atoms with Gasteiger partial charge in [0.15, 0.2) is 17.5 Å². The highest BCUT2D eigenvalue weighted by molar-refractivity contribution is 8.00. The number of thioether (sulfide) groups is 1. The number of halogens is 3. The fourth-order valence-electron chi connectivity index (χ4n) is 1.53. The molecule has 2 amide bonds. The van der Waals surface area contributed by atoms with E-state index in [9.17, 15) is 22.8 Å². The predicted octanol–water partition coefficient (Wildman–Crippen LogP) is 1.27. The van der Waals surface area contributed by atoms with Gasteiger partial charge in [0.05, 0.1) is 11.4 Å². The van der Waals surface area contributed by atoms with Crippen molar-refractivity contribution < 1.29 is 22.8 Å². The summed E-state index contributed by atoms with van der Waals surface area (Å²) in [5, 5.41) is 4.54. The molecule has 0 aliphatic carbocycles. The minimum absolute atomic E-state index is 0.253. The van der Waals surface area contributed by atoms with Crippen LogP contribution in [0.25, 0.3) is 0 Å². The zero-order chi connectivity index (χ0) is 14.0. The Morgan fingerprint density at radius 3 is 2.74 bits per heavy atom. The van der Waals surface area contributed by atoms with Gasteiger partial charge in [-0.15, -0.1) is 11.8 Å². The van der Waals surface area contributed by atoms with Crippen LogP contribution in [0.1, 0.15) is 0 Å². The molecule has 1 aliphatic rings. The van der Waals surface area contributed by atoms with E-state index in [-0.39, 0.29) is 11.7 Å². The van der Waals surface area contributed by atoms with E-state index in [1.165, 1.54) is 11.8 Å². The van der Waals surface area contributed by atoms with Crippen molar-refractivity contribution in [2.45, 2.75) is 6.04 Å². The third-order valence-electron chi connectivity index (χ3n) is 2.46. The number of carbonyl (C=O) groups excluding carboxylic acids is 2. The van der Waals surface area contributed by atoms with Crippen molar-refractivity contribution in [1.29, 1.82) is 0 Å². The number of hydrogen-bond donors (Lipinski definition) is 2. The van der Waals surface area contributed by atoms with Crippen LogP contribution in [0, 0.1) is 17.5 Å². The van der Waals surface area contributed by atoms with E-state index in [1.54, 1.807) is 0 Å². The Morgan fingerprint density at radius 2 is 2.05 bits per heavy atom. The maximum Gasteiger partial charge on any atom is 0.247 e. The quantitative estimate of drug-likeness (QED) is 0.807. The number of amides is 2. The molecule has 1 aromatic carbocycles. The lowest BCUT2D eigenvalue weighted by Crippen LogP contribution is -2.49. The van der Waals surface area contributed by atoms with Crippen molar-refractivity contribution in [3.8, 4) is 0 Å². The van der Waals surface area contributed by atoms with Crippen molar-refractivity contribution in [1.82, 2.24) is 5.32 Å². The first-order valence-corrected chi connectivity index (χ1v) is 6.46. The molecule has 19 heavy (non-hydrogen) atoms. The fraction of sp³-hybridized carbons (Fsp3) is 0.273. The Labute approximate surface area is 110 Å². The van der Waals surface area contributed by atoms with E-state index >= 15 is 0 Å². The highest BCUT2D eigenvalue weighted by Crippen LogP contribution is 2.20. The van der Waals surface area contributed by atoms with Crippen molar-refractivity contribution in [3.05, 3.63) is 29.6 Å². The summed E-state index contributed by atoms with van der Waals surface area (Å²) in [5.41, 5.74) is -0.464. The van der Waals surface area contributed by atoms with E-state index in [1.807, 2.05) is 0 Å². The molecular formula is C11H9F3N2O2S. The second-order valence-electron chi connectivity index (χ2n) is 3.85. The molecule has 1 saturated heterocycles. The summed E-state index contributed by atoms with van der Waals surface area (Å²) in [4.78, 5) is 22.8. The number of benzene rings is 1. The van der Waals surface area contributed by atoms with Gasteiger partial charge < -0.3 is 10.6 Å². The molecule has 2 rings (SSSR count). The molecular weight excluding hydrogens is 281 g/mol. The van der Waals surface area contributed by atoms with Crippen LogP contribution in [-0.2, 0) is 9.59 Å². The molecule has 4 nitrogen and oxygen atoms in total. The van der Waals surface area contributed by atoms with Crippen molar-refractivity contribution in [2.75, 3.05) is 16.8 Å². The second-order valence-corrected chi connectivity index (χ2v) is 4.88. The van der Waals surface area contributed by atoms with Crippen LogP contribution < -0.4 is 10.6 Å². The Kier molecular flexibility index (Phi) is 3.98. The second kappa shape index (κ2) is 5.52. The molecule has 0 saturated carbocycles. The van der Waals surface area contributed by atoms with Crippen LogP contribution in [0.15, 0.2) is 12.1 Å². The van der Waals surface area contributed by atoms with Gasteiger partial charge in [0.2, 0.25) is 11.8 Å². The van der Waals surface area contributed by atoms with Gasteiger partial charge in [-0.2, -0.15) is 0 Å². The molecule has 1 unspecified atom stereocenters. The highest BCUT2D eigenvalue weighted by Gasteiger charge is 2.26. The van der Waals surface area contributed by atoms with E-state index in [0.29, 0.717) is 11.8 Å². The lowest BCUT2D eigenvalue weighted by molar-refractivity contribution is -0.124. The highest BCUT2D eigenvalue weighted by atomic mass is 32.2. The summed E-state index contributed by atoms with van der Waals surface area (Å²) in [7, 11) is 0. The van der Waals surface area contributed by atoms with E-state index < -0.39 is 35.1 Å². The number of anilines is 1. The van der Waals surface area contributed by atoms with Gasteiger partial charge in [0.25, 0.3) is 0 Å². The van der Waals surface area contributed by atoms with Gasteiger partial charge >= 0.3 is 0 Å². The molecule has 1 fully saturated rings. The van der Waals surface area contributed by atoms with Crippen LogP contribution >= 0.6 is 11.8 Å². The van der Waals surface area contributed by atoms with Crippen LogP contribution in [0.5, 0.6) is 0 Å². The largest absolute Gasteiger partial charge is 0.343 e. The van der Waals surface area contributed by atoms with Gasteiger partial charge in [-0.3, -0.25) is 9.59 Å². The summed E-state index contributed by atoms with van der Waals surface area (Å²) in [6, 6.07) is 0.810. The number of rotatable bonds is 2. The zero-order valence-corrected chi connectivity index (χ0v) is 10.3. The minimum atomic E-state index is -1.65. The number of carbonyl (C=O) groups is 2. The predicted molar refractivity (Wildman–Crippen MR) is 64.2 cm³/mol. The Hall–Kier alpha value is -1.70. The van der Waals surface area contributed by atoms with Gasteiger partial charge in [-0.05, 0) is 12.1 Å². The van der Waals surface area contributed by atoms with E-state index in [2.05, 4.69) is 10.6 Å². The lowest BCUT2D eigenvalue weighted by atomic mass is 10.2. The molecule has 0 bridgehead atoms. The van der Waals surface area contributed by atoms with Crippen molar-refractivity contribution in [2.24, 2.45) is 0 Å². The van der Waals surface area contributed by atoms with Crippen LogP contribution in [-0.4, -0.2) is 29.4 Å². The molecule has 8 heteroatoms. The molecule has 1 aromatic rings. The molecule has 102 valence electrons. The van der Waals surface area contributed by atoms with Crippen LogP contribution in [0.2, 0.25) is 0 Å². The zero-order valence-electron chi connectivity index (χ0n) is 9.50. The minimum Gasteiger partial charge on any atom is -0.343 e. The monoisotopic (exact) mass is 290 g/mol. The smallest absolute Gasteiger partial charge is 0.247 e. The summed E-state index contributed by atoms with van der Waals surface area (Å²) in [6.45, 7) is 0. The van der Waals surface area contributed by atoms with E-state index in [0.717, 1.165) is 6.07 Å². The van der Waals surface area contributed by atoms with Crippen LogP contribution in [0.4, 0.5) is 18.9 Å². The molecule has 2 N–H and O–H groups in total. The number of hydrogen-bond acceptors (Lipinski definition) is 3. The van der Waals surface area contributed by atoms with Crippen molar-refractivity contribution in [3.63, 3.8) is 0 Å². The third kappa shape index (κ3) is 3.01. The normalized spacial score (nSPS) is 18.9. The number of nitrogens with one attached hydrogen (secondary N) is 2. The average Bonchev–Trinajstić information content (AvgIpc) is 2.39. The Bertz CT molecular complexity index is 539. The fourth-order valence-corrected chi connectivity index (χ4v) is 2.39. The molecule has 0 spiro atoms. The van der Waals surface area contributed by atoms with Gasteiger partial charge in [-0.25, -0.2) is 13.2 Å². The van der Waals surface area contributed by atoms with Gasteiger partial charge in [0, 0.05) is 5.75 Å². The Balaban J connectivity index is 2.11.